The minimum absolute atomic E-state index is 0.399. The normalized spacial score (nSPS) is 10.8. The summed E-state index contributed by atoms with van der Waals surface area (Å²) in [5, 5.41) is 2.08. The van der Waals surface area contributed by atoms with Crippen molar-refractivity contribution in [2.24, 2.45) is 0 Å². The molecule has 0 bridgehead atoms. The average molecular weight is 368 g/mol. The molecule has 2 heterocycles. The highest BCUT2D eigenvalue weighted by Gasteiger charge is 2.11. The Morgan fingerprint density at radius 3 is 2.48 bits per heavy atom. The molecule has 6 heteroatoms. The lowest BCUT2D eigenvalue weighted by molar-refractivity contribution is 0.462. The first-order valence-electron chi connectivity index (χ1n) is 7.50. The highest BCUT2D eigenvalue weighted by Crippen LogP contribution is 2.34. The van der Waals surface area contributed by atoms with Crippen LogP contribution < -0.4 is 4.74 Å². The summed E-state index contributed by atoms with van der Waals surface area (Å²) in [6.45, 7) is 0. The number of rotatable bonds is 3. The van der Waals surface area contributed by atoms with E-state index in [0.717, 1.165) is 10.9 Å². The van der Waals surface area contributed by atoms with Gasteiger partial charge in [-0.3, -0.25) is 4.98 Å². The lowest BCUT2D eigenvalue weighted by Crippen LogP contribution is -1.92. The van der Waals surface area contributed by atoms with Gasteiger partial charge < -0.3 is 4.74 Å². The van der Waals surface area contributed by atoms with E-state index in [-0.39, 0.29) is 0 Å². The van der Waals surface area contributed by atoms with E-state index >= 15 is 0 Å². The largest absolute Gasteiger partial charge is 0.439 e. The van der Waals surface area contributed by atoms with Gasteiger partial charge in [0.05, 0.1) is 21.3 Å². The van der Waals surface area contributed by atoms with Crippen LogP contribution in [0, 0.1) is 0 Å². The van der Waals surface area contributed by atoms with E-state index in [1.165, 1.54) is 6.33 Å². The van der Waals surface area contributed by atoms with Crippen LogP contribution in [-0.4, -0.2) is 15.0 Å². The van der Waals surface area contributed by atoms with Crippen LogP contribution >= 0.6 is 23.2 Å². The van der Waals surface area contributed by atoms with Gasteiger partial charge in [-0.25, -0.2) is 9.97 Å². The van der Waals surface area contributed by atoms with Gasteiger partial charge in [0.1, 0.15) is 12.1 Å². The molecule has 0 aliphatic heterocycles. The van der Waals surface area contributed by atoms with Crippen molar-refractivity contribution < 1.29 is 4.74 Å². The van der Waals surface area contributed by atoms with Crippen LogP contribution in [0.15, 0.2) is 67.1 Å². The predicted octanol–water partition coefficient (Wildman–Crippen LogP) is 5.79. The van der Waals surface area contributed by atoms with Crippen LogP contribution in [0.25, 0.3) is 22.2 Å². The van der Waals surface area contributed by atoms with E-state index in [0.29, 0.717) is 32.9 Å². The van der Waals surface area contributed by atoms with E-state index in [4.69, 9.17) is 27.9 Å². The number of benzene rings is 2. The van der Waals surface area contributed by atoms with E-state index < -0.39 is 0 Å². The second-order valence-corrected chi connectivity index (χ2v) is 6.11. The summed E-state index contributed by atoms with van der Waals surface area (Å²) in [7, 11) is 0. The summed E-state index contributed by atoms with van der Waals surface area (Å²) in [4.78, 5) is 12.7. The topological polar surface area (TPSA) is 47.9 Å². The van der Waals surface area contributed by atoms with Crippen LogP contribution in [0.4, 0.5) is 0 Å². The Morgan fingerprint density at radius 2 is 1.64 bits per heavy atom. The monoisotopic (exact) mass is 367 g/mol. The maximum absolute atomic E-state index is 6.25. The van der Waals surface area contributed by atoms with Crippen LogP contribution in [0.1, 0.15) is 0 Å². The molecule has 2 aromatic heterocycles. The maximum Gasteiger partial charge on any atom is 0.222 e. The average Bonchev–Trinajstić information content (AvgIpc) is 2.62. The molecule has 122 valence electrons. The molecule has 0 spiro atoms. The molecule has 0 amide bonds. The quantitative estimate of drug-likeness (QED) is 0.459. The Labute approximate surface area is 154 Å². The zero-order valence-electron chi connectivity index (χ0n) is 12.9. The molecule has 4 rings (SSSR count). The standard InChI is InChI=1S/C19H11Cl2N3O/c20-14-4-1-5-15(21)19(14)17-10-18(24-11-23-17)25-13-7-6-12-3-2-8-22-16(12)9-13/h1-11H. The molecular weight excluding hydrogens is 357 g/mol. The van der Waals surface area contributed by atoms with Gasteiger partial charge in [0.25, 0.3) is 0 Å². The molecule has 0 saturated heterocycles. The SMILES string of the molecule is Clc1cccc(Cl)c1-c1cc(Oc2ccc3cccnc3c2)ncn1. The minimum Gasteiger partial charge on any atom is -0.439 e. The zero-order chi connectivity index (χ0) is 17.2. The number of ether oxygens (including phenoxy) is 1. The summed E-state index contributed by atoms with van der Waals surface area (Å²) in [6, 6.07) is 16.6. The van der Waals surface area contributed by atoms with Gasteiger partial charge in [0, 0.05) is 29.3 Å². The summed E-state index contributed by atoms with van der Waals surface area (Å²) in [5.41, 5.74) is 2.10. The second-order valence-electron chi connectivity index (χ2n) is 5.30. The molecule has 0 saturated carbocycles. The predicted molar refractivity (Wildman–Crippen MR) is 99.3 cm³/mol. The highest BCUT2D eigenvalue weighted by atomic mass is 35.5. The summed E-state index contributed by atoms with van der Waals surface area (Å²) >= 11 is 12.5. The summed E-state index contributed by atoms with van der Waals surface area (Å²) in [5.74, 6) is 1.04. The van der Waals surface area contributed by atoms with E-state index in [2.05, 4.69) is 15.0 Å². The van der Waals surface area contributed by atoms with Gasteiger partial charge in [0.15, 0.2) is 0 Å². The molecular formula is C19H11Cl2N3O. The minimum atomic E-state index is 0.399. The third kappa shape index (κ3) is 3.27. The number of nitrogens with zero attached hydrogens (tertiary/aromatic N) is 3. The van der Waals surface area contributed by atoms with Gasteiger partial charge in [-0.2, -0.15) is 0 Å². The van der Waals surface area contributed by atoms with Crippen LogP contribution in [0.5, 0.6) is 11.6 Å². The first-order valence-corrected chi connectivity index (χ1v) is 8.25. The summed E-state index contributed by atoms with van der Waals surface area (Å²) < 4.78 is 5.85. The van der Waals surface area contributed by atoms with Gasteiger partial charge in [-0.15, -0.1) is 0 Å². The lowest BCUT2D eigenvalue weighted by atomic mass is 10.1. The Morgan fingerprint density at radius 1 is 0.800 bits per heavy atom. The molecule has 0 unspecified atom stereocenters. The Hall–Kier alpha value is -2.69. The first-order chi connectivity index (χ1) is 12.2. The molecule has 0 atom stereocenters. The number of hydrogen-bond donors (Lipinski definition) is 0. The highest BCUT2D eigenvalue weighted by molar-refractivity contribution is 6.39. The number of fused-ring (bicyclic) bond motifs is 1. The molecule has 0 radical (unpaired) electrons. The molecule has 0 fully saturated rings. The molecule has 2 aromatic carbocycles. The van der Waals surface area contributed by atoms with Gasteiger partial charge >= 0.3 is 0 Å². The van der Waals surface area contributed by atoms with Crippen molar-refractivity contribution in [1.29, 1.82) is 0 Å². The molecule has 0 N–H and O–H groups in total. The number of aromatic nitrogens is 3. The number of halogens is 2. The maximum atomic E-state index is 6.25. The molecule has 4 nitrogen and oxygen atoms in total. The molecule has 25 heavy (non-hydrogen) atoms. The second kappa shape index (κ2) is 6.67. The van der Waals surface area contributed by atoms with Crippen molar-refractivity contribution in [3.63, 3.8) is 0 Å². The third-order valence-electron chi connectivity index (χ3n) is 3.66. The van der Waals surface area contributed by atoms with Crippen LogP contribution in [0.2, 0.25) is 10.0 Å². The van der Waals surface area contributed by atoms with Crippen LogP contribution in [0.3, 0.4) is 0 Å². The molecule has 0 aliphatic rings. The van der Waals surface area contributed by atoms with Crippen molar-refractivity contribution in [1.82, 2.24) is 15.0 Å². The van der Waals surface area contributed by atoms with E-state index in [9.17, 15) is 0 Å². The molecule has 4 aromatic rings. The Balaban J connectivity index is 1.69. The van der Waals surface area contributed by atoms with Gasteiger partial charge in [-0.05, 0) is 30.3 Å². The number of hydrogen-bond acceptors (Lipinski definition) is 4. The number of pyridine rings is 1. The molecule has 0 aliphatic carbocycles. The lowest BCUT2D eigenvalue weighted by Gasteiger charge is -2.09. The van der Waals surface area contributed by atoms with Crippen molar-refractivity contribution in [2.75, 3.05) is 0 Å². The van der Waals surface area contributed by atoms with Crippen molar-refractivity contribution in [3.05, 3.63) is 77.2 Å². The zero-order valence-corrected chi connectivity index (χ0v) is 14.4. The van der Waals surface area contributed by atoms with Crippen LogP contribution in [-0.2, 0) is 0 Å². The Kier molecular flexibility index (Phi) is 4.22. The fraction of sp³-hybridized carbons (Fsp3) is 0. The first kappa shape index (κ1) is 15.8. The fourth-order valence-corrected chi connectivity index (χ4v) is 3.10. The van der Waals surface area contributed by atoms with Crippen molar-refractivity contribution in [2.45, 2.75) is 0 Å². The van der Waals surface area contributed by atoms with Gasteiger partial charge in [0.2, 0.25) is 5.88 Å². The van der Waals surface area contributed by atoms with E-state index in [1.807, 2.05) is 30.3 Å². The van der Waals surface area contributed by atoms with E-state index in [1.54, 1.807) is 30.5 Å². The van der Waals surface area contributed by atoms with Crippen molar-refractivity contribution >= 4 is 34.1 Å². The Bertz CT molecular complexity index is 1050. The smallest absolute Gasteiger partial charge is 0.222 e. The fourth-order valence-electron chi connectivity index (χ4n) is 2.51. The van der Waals surface area contributed by atoms with Gasteiger partial charge in [-0.1, -0.05) is 35.3 Å². The third-order valence-corrected chi connectivity index (χ3v) is 4.29. The van der Waals surface area contributed by atoms with Crippen molar-refractivity contribution in [3.8, 4) is 22.9 Å². The summed E-state index contributed by atoms with van der Waals surface area (Å²) in [6.07, 6.45) is 3.16.